The second-order valence-corrected chi connectivity index (χ2v) is 9.10. The summed E-state index contributed by atoms with van der Waals surface area (Å²) in [5.74, 6) is -4.59. The molecule has 0 aromatic carbocycles. The Morgan fingerprint density at radius 1 is 0.588 bits per heavy atom. The number of aliphatic hydroxyl groups is 10. The summed E-state index contributed by atoms with van der Waals surface area (Å²) in [6.07, 6.45) is -10.3. The molecule has 0 aromatic heterocycles. The van der Waals surface area contributed by atoms with Gasteiger partial charge in [0.25, 0.3) is 11.8 Å². The van der Waals surface area contributed by atoms with Crippen LogP contribution in [0, 0.1) is 0 Å². The highest BCUT2D eigenvalue weighted by atomic mass is 16.7. The van der Waals surface area contributed by atoms with E-state index in [4.69, 9.17) is 9.47 Å². The van der Waals surface area contributed by atoms with Crippen molar-refractivity contribution < 1.29 is 60.5 Å². The molecule has 10 atom stereocenters. The lowest BCUT2D eigenvalue weighted by atomic mass is 9.95. The number of hydrogen-bond donors (Lipinski definition) is 10. The van der Waals surface area contributed by atoms with E-state index in [1.807, 2.05) is 0 Å². The van der Waals surface area contributed by atoms with Crippen LogP contribution in [0.2, 0.25) is 0 Å². The lowest BCUT2D eigenvalue weighted by molar-refractivity contribution is -0.399. The first kappa shape index (κ1) is 29.7. The van der Waals surface area contributed by atoms with Crippen LogP contribution in [0.5, 0.6) is 0 Å². The lowest BCUT2D eigenvalue weighted by Gasteiger charge is -2.49. The molecular weight excluding hydrogens is 460 g/mol. The van der Waals surface area contributed by atoms with E-state index in [1.54, 1.807) is 0 Å². The Morgan fingerprint density at radius 2 is 0.912 bits per heavy atom. The second kappa shape index (κ2) is 12.1. The predicted molar refractivity (Wildman–Crippen MR) is 114 cm³/mol. The average molecular weight is 501 g/mol. The predicted octanol–water partition coefficient (Wildman–Crippen LogP) is -5.35. The molecule has 2 saturated heterocycles. The second-order valence-electron chi connectivity index (χ2n) is 9.10. The largest absolute Gasteiger partial charge is 0.394 e. The Balaban J connectivity index is 1.78. The van der Waals surface area contributed by atoms with E-state index in [9.17, 15) is 51.1 Å². The Hall–Kier alpha value is -0.560. The number of aliphatic hydroxyl groups excluding tert-OH is 8. The van der Waals surface area contributed by atoms with Gasteiger partial charge in [0.1, 0.15) is 36.6 Å². The molecule has 202 valence electrons. The third-order valence-electron chi connectivity index (χ3n) is 6.72. The Labute approximate surface area is 197 Å². The average Bonchev–Trinajstić information content (AvgIpc) is 2.82. The minimum Gasteiger partial charge on any atom is -0.394 e. The number of rotatable bonds is 11. The minimum atomic E-state index is -2.29. The highest BCUT2D eigenvalue weighted by molar-refractivity contribution is 4.96. The monoisotopic (exact) mass is 500 g/mol. The van der Waals surface area contributed by atoms with E-state index in [0.29, 0.717) is 25.7 Å². The van der Waals surface area contributed by atoms with E-state index in [-0.39, 0.29) is 13.1 Å². The maximum absolute atomic E-state index is 10.7. The van der Waals surface area contributed by atoms with Gasteiger partial charge in [-0.25, -0.2) is 0 Å². The zero-order valence-electron chi connectivity index (χ0n) is 19.5. The van der Waals surface area contributed by atoms with E-state index < -0.39 is 73.9 Å². The fourth-order valence-electron chi connectivity index (χ4n) is 4.28. The summed E-state index contributed by atoms with van der Waals surface area (Å²) in [5, 5.41) is 99.9. The highest BCUT2D eigenvalue weighted by Crippen LogP contribution is 2.32. The first-order valence-electron chi connectivity index (χ1n) is 11.4. The summed E-state index contributed by atoms with van der Waals surface area (Å²) < 4.78 is 10.5. The zero-order valence-corrected chi connectivity index (χ0v) is 19.5. The summed E-state index contributed by atoms with van der Waals surface area (Å²) in [6.45, 7) is -0.820. The van der Waals surface area contributed by atoms with Crippen molar-refractivity contribution in [3.8, 4) is 0 Å². The van der Waals surface area contributed by atoms with E-state index in [0.717, 1.165) is 0 Å². The van der Waals surface area contributed by atoms with Crippen LogP contribution in [0.3, 0.4) is 0 Å². The molecule has 2 aliphatic rings. The summed E-state index contributed by atoms with van der Waals surface area (Å²) in [4.78, 5) is 2.55. The molecule has 0 spiro atoms. The Morgan fingerprint density at radius 3 is 1.21 bits per heavy atom. The Kier molecular flexibility index (Phi) is 10.6. The third kappa shape index (κ3) is 5.87. The molecule has 0 amide bonds. The van der Waals surface area contributed by atoms with Gasteiger partial charge >= 0.3 is 0 Å². The molecule has 0 aliphatic carbocycles. The van der Waals surface area contributed by atoms with Crippen LogP contribution in [-0.4, -0.2) is 162 Å². The molecule has 0 radical (unpaired) electrons. The Bertz CT molecular complexity index is 578. The van der Waals surface area contributed by atoms with Crippen molar-refractivity contribution >= 4 is 0 Å². The van der Waals surface area contributed by atoms with Crippen molar-refractivity contribution in [3.63, 3.8) is 0 Å². The van der Waals surface area contributed by atoms with E-state index in [2.05, 4.69) is 0 Å². The highest BCUT2D eigenvalue weighted by Gasteiger charge is 2.56. The van der Waals surface area contributed by atoms with Crippen LogP contribution in [0.4, 0.5) is 0 Å². The quantitative estimate of drug-likeness (QED) is 0.0944. The fraction of sp³-hybridized carbons (Fsp3) is 1.00. The molecule has 2 heterocycles. The maximum Gasteiger partial charge on any atom is 0.257 e. The topological polar surface area (TPSA) is 227 Å². The van der Waals surface area contributed by atoms with Crippen molar-refractivity contribution in [2.45, 2.75) is 86.3 Å². The van der Waals surface area contributed by atoms with Crippen LogP contribution >= 0.6 is 0 Å². The van der Waals surface area contributed by atoms with Crippen LogP contribution in [0.1, 0.15) is 25.7 Å². The van der Waals surface area contributed by atoms with E-state index >= 15 is 0 Å². The van der Waals surface area contributed by atoms with Crippen molar-refractivity contribution in [2.24, 2.45) is 0 Å². The van der Waals surface area contributed by atoms with Crippen molar-refractivity contribution in [2.75, 3.05) is 40.4 Å². The summed E-state index contributed by atoms with van der Waals surface area (Å²) in [6, 6.07) is 0. The first-order chi connectivity index (χ1) is 15.8. The van der Waals surface area contributed by atoms with Gasteiger partial charge in [0.2, 0.25) is 0 Å². The molecule has 14 nitrogen and oxygen atoms in total. The molecule has 0 bridgehead atoms. The number of likely N-dealkylation sites (N-methyl/N-ethyl adjacent to an activating group) is 2. The number of unbranched alkanes of at least 4 members (excludes halogenated alkanes) is 3. The number of hydrogen-bond acceptors (Lipinski definition) is 14. The van der Waals surface area contributed by atoms with Gasteiger partial charge in [-0.05, 0) is 26.9 Å². The van der Waals surface area contributed by atoms with Gasteiger partial charge in [-0.2, -0.15) is 0 Å². The number of nitrogens with zero attached hydrogens (tertiary/aromatic N) is 2. The van der Waals surface area contributed by atoms with E-state index in [1.165, 1.54) is 23.9 Å². The molecular formula is C20H40N2O12. The van der Waals surface area contributed by atoms with Crippen molar-refractivity contribution in [3.05, 3.63) is 0 Å². The fourth-order valence-corrected chi connectivity index (χ4v) is 4.28. The van der Waals surface area contributed by atoms with Gasteiger partial charge in [0.05, 0.1) is 13.2 Å². The molecule has 34 heavy (non-hydrogen) atoms. The molecule has 14 heteroatoms. The third-order valence-corrected chi connectivity index (χ3v) is 6.72. The molecule has 2 aliphatic heterocycles. The standard InChI is InChI=1S/C20H40N2O12/c1-21(19(31)17(29)15(27)13(25)11(9-23)33-19)7-5-3-4-6-8-22(2)20(32)18(30)16(28)14(26)12(10-24)34-20/h11-18,23-32H,3-10H2,1-2H3/t11-,12-,13-,14-,15+,16+,17-,18-,19?,20?/m1/s1. The van der Waals surface area contributed by atoms with Gasteiger partial charge in [0, 0.05) is 13.1 Å². The summed E-state index contributed by atoms with van der Waals surface area (Å²) >= 11 is 0. The van der Waals surface area contributed by atoms with Crippen LogP contribution in [0.25, 0.3) is 0 Å². The van der Waals surface area contributed by atoms with Gasteiger partial charge in [0.15, 0.2) is 12.2 Å². The normalized spacial score (nSPS) is 43.6. The minimum absolute atomic E-state index is 0.248. The van der Waals surface area contributed by atoms with Gasteiger partial charge in [-0.3, -0.25) is 9.80 Å². The molecule has 10 N–H and O–H groups in total. The van der Waals surface area contributed by atoms with Gasteiger partial charge in [-0.15, -0.1) is 0 Å². The smallest absolute Gasteiger partial charge is 0.257 e. The van der Waals surface area contributed by atoms with Crippen molar-refractivity contribution in [1.82, 2.24) is 9.80 Å². The lowest BCUT2D eigenvalue weighted by Crippen LogP contribution is -2.70. The molecule has 2 rings (SSSR count). The zero-order chi connectivity index (χ0) is 25.8. The molecule has 2 unspecified atom stereocenters. The van der Waals surface area contributed by atoms with Crippen LogP contribution in [-0.2, 0) is 9.47 Å². The van der Waals surface area contributed by atoms with Crippen molar-refractivity contribution in [1.29, 1.82) is 0 Å². The maximum atomic E-state index is 10.7. The number of ether oxygens (including phenoxy) is 2. The van der Waals surface area contributed by atoms with Gasteiger partial charge in [-0.1, -0.05) is 12.8 Å². The first-order valence-corrected chi connectivity index (χ1v) is 11.4. The van der Waals surface area contributed by atoms with Gasteiger partial charge < -0.3 is 60.5 Å². The molecule has 2 fully saturated rings. The molecule has 0 aromatic rings. The summed E-state index contributed by atoms with van der Waals surface area (Å²) in [7, 11) is 2.93. The van der Waals surface area contributed by atoms with Crippen LogP contribution in [0.15, 0.2) is 0 Å². The SMILES string of the molecule is CN(CCCCCCN(C)C1(O)O[C@H](CO)[C@@H](O)[C@H](O)[C@H]1O)C1(O)O[C@H](CO)[C@@H](O)[C@H](O)[C@H]1O. The molecule has 0 saturated carbocycles. The summed E-state index contributed by atoms with van der Waals surface area (Å²) in [5.41, 5.74) is 0. The van der Waals surface area contributed by atoms with Crippen LogP contribution < -0.4 is 0 Å².